The van der Waals surface area contributed by atoms with Crippen molar-refractivity contribution in [1.29, 1.82) is 0 Å². The lowest BCUT2D eigenvalue weighted by atomic mass is 10.1. The zero-order chi connectivity index (χ0) is 20.3. The zero-order valence-corrected chi connectivity index (χ0v) is 16.9. The Kier molecular flexibility index (Phi) is 6.31. The smallest absolute Gasteiger partial charge is 0.265 e. The van der Waals surface area contributed by atoms with Crippen molar-refractivity contribution in [3.8, 4) is 0 Å². The fourth-order valence-corrected chi connectivity index (χ4v) is 5.11. The molecule has 1 fully saturated rings. The van der Waals surface area contributed by atoms with Crippen molar-refractivity contribution >= 4 is 37.5 Å². The Morgan fingerprint density at radius 1 is 1.25 bits per heavy atom. The summed E-state index contributed by atoms with van der Waals surface area (Å²) in [4.78, 5) is 11.7. The van der Waals surface area contributed by atoms with Gasteiger partial charge in [-0.25, -0.2) is 17.2 Å². The van der Waals surface area contributed by atoms with Crippen molar-refractivity contribution in [3.63, 3.8) is 0 Å². The molecule has 0 saturated carbocycles. The van der Waals surface area contributed by atoms with Crippen LogP contribution < -0.4 is 10.0 Å². The average Bonchev–Trinajstić information content (AvgIpc) is 3.12. The number of hydrogen-bond acceptors (Lipinski definition) is 4. The second-order valence-corrected chi connectivity index (χ2v) is 8.67. The maximum absolute atomic E-state index is 14.1. The fraction of sp³-hybridized carbons (Fsp3) is 0.278. The highest BCUT2D eigenvalue weighted by molar-refractivity contribution is 9.10. The van der Waals surface area contributed by atoms with Gasteiger partial charge in [-0.05, 0) is 47.0 Å². The summed E-state index contributed by atoms with van der Waals surface area (Å²) < 4.78 is 60.0. The van der Waals surface area contributed by atoms with E-state index in [0.717, 1.165) is 18.9 Å². The number of anilines is 1. The number of carbonyl (C=O) groups is 1. The van der Waals surface area contributed by atoms with Gasteiger partial charge in [0.05, 0.1) is 17.4 Å². The summed E-state index contributed by atoms with van der Waals surface area (Å²) in [6.07, 6.45) is 1.69. The molecule has 1 aliphatic rings. The van der Waals surface area contributed by atoms with Crippen molar-refractivity contribution in [2.45, 2.75) is 23.8 Å². The molecule has 1 aliphatic heterocycles. The molecule has 150 valence electrons. The van der Waals surface area contributed by atoms with Crippen molar-refractivity contribution < 1.29 is 26.7 Å². The Bertz CT molecular complexity index is 972. The topological polar surface area (TPSA) is 84.5 Å². The lowest BCUT2D eigenvalue weighted by Gasteiger charge is -2.15. The molecule has 3 rings (SSSR count). The van der Waals surface area contributed by atoms with Crippen LogP contribution >= 0.6 is 15.9 Å². The first-order valence-electron chi connectivity index (χ1n) is 8.44. The summed E-state index contributed by atoms with van der Waals surface area (Å²) in [6, 6.07) is 7.25. The number of nitrogens with one attached hydrogen (secondary N) is 2. The monoisotopic (exact) mass is 474 g/mol. The number of para-hydroxylation sites is 1. The highest BCUT2D eigenvalue weighted by Crippen LogP contribution is 2.29. The zero-order valence-electron chi connectivity index (χ0n) is 14.5. The van der Waals surface area contributed by atoms with E-state index in [1.807, 2.05) is 0 Å². The first-order chi connectivity index (χ1) is 13.3. The summed E-state index contributed by atoms with van der Waals surface area (Å²) in [5, 5.41) is 2.71. The van der Waals surface area contributed by atoms with Gasteiger partial charge in [0.1, 0.15) is 16.5 Å². The molecule has 0 radical (unpaired) electrons. The van der Waals surface area contributed by atoms with Gasteiger partial charge in [0.15, 0.2) is 0 Å². The molecule has 28 heavy (non-hydrogen) atoms. The number of sulfonamides is 1. The summed E-state index contributed by atoms with van der Waals surface area (Å²) in [5.41, 5.74) is 0.0469. The SMILES string of the molecule is O=C(NCC1CCCO1)c1ccccc1NS(=O)(=O)c1c(F)cc(F)cc1Br. The first-order valence-corrected chi connectivity index (χ1v) is 10.7. The number of rotatable bonds is 6. The van der Waals surface area contributed by atoms with E-state index in [0.29, 0.717) is 19.2 Å². The molecule has 1 saturated heterocycles. The van der Waals surface area contributed by atoms with Crippen molar-refractivity contribution in [2.75, 3.05) is 17.9 Å². The lowest BCUT2D eigenvalue weighted by molar-refractivity contribution is 0.0858. The van der Waals surface area contributed by atoms with Gasteiger partial charge in [-0.3, -0.25) is 9.52 Å². The molecule has 10 heteroatoms. The van der Waals surface area contributed by atoms with Crippen LogP contribution in [0.2, 0.25) is 0 Å². The molecule has 6 nitrogen and oxygen atoms in total. The third-order valence-electron chi connectivity index (χ3n) is 4.16. The Hall–Kier alpha value is -2.04. The van der Waals surface area contributed by atoms with Gasteiger partial charge in [-0.1, -0.05) is 12.1 Å². The van der Waals surface area contributed by atoms with Crippen LogP contribution in [0.15, 0.2) is 45.8 Å². The average molecular weight is 475 g/mol. The molecule has 1 atom stereocenters. The highest BCUT2D eigenvalue weighted by atomic mass is 79.9. The van der Waals surface area contributed by atoms with Crippen molar-refractivity contribution in [3.05, 3.63) is 58.1 Å². The molecule has 0 aliphatic carbocycles. The van der Waals surface area contributed by atoms with E-state index in [4.69, 9.17) is 4.74 Å². The van der Waals surface area contributed by atoms with Crippen LogP contribution in [0.5, 0.6) is 0 Å². The summed E-state index contributed by atoms with van der Waals surface area (Å²) >= 11 is 2.86. The van der Waals surface area contributed by atoms with Gasteiger partial charge in [0, 0.05) is 23.7 Å². The number of hydrogen-bond donors (Lipinski definition) is 2. The van der Waals surface area contributed by atoms with Gasteiger partial charge in [-0.2, -0.15) is 0 Å². The second kappa shape index (κ2) is 8.54. The number of halogens is 3. The minimum absolute atomic E-state index is 0.0250. The first kappa shape index (κ1) is 20.7. The van der Waals surface area contributed by atoms with E-state index in [-0.39, 0.29) is 21.8 Å². The third-order valence-corrected chi connectivity index (χ3v) is 6.49. The maximum Gasteiger partial charge on any atom is 0.265 e. The molecule has 1 amide bonds. The van der Waals surface area contributed by atoms with Crippen LogP contribution in [0.4, 0.5) is 14.5 Å². The van der Waals surface area contributed by atoms with E-state index >= 15 is 0 Å². The maximum atomic E-state index is 14.1. The largest absolute Gasteiger partial charge is 0.376 e. The minimum atomic E-state index is -4.42. The molecule has 1 heterocycles. The molecule has 0 spiro atoms. The number of amides is 1. The fourth-order valence-electron chi connectivity index (χ4n) is 2.86. The van der Waals surface area contributed by atoms with E-state index in [1.54, 1.807) is 6.07 Å². The lowest BCUT2D eigenvalue weighted by Crippen LogP contribution is -2.32. The van der Waals surface area contributed by atoms with Crippen LogP contribution in [0.25, 0.3) is 0 Å². The predicted octanol–water partition coefficient (Wildman–Crippen LogP) is 3.44. The second-order valence-electron chi connectivity index (χ2n) is 6.19. The molecular weight excluding hydrogens is 458 g/mol. The van der Waals surface area contributed by atoms with Crippen LogP contribution in [-0.2, 0) is 14.8 Å². The summed E-state index contributed by atoms with van der Waals surface area (Å²) in [5.74, 6) is -2.66. The molecule has 0 aromatic heterocycles. The van der Waals surface area contributed by atoms with Crippen LogP contribution in [0.1, 0.15) is 23.2 Å². The quantitative estimate of drug-likeness (QED) is 0.671. The van der Waals surface area contributed by atoms with Gasteiger partial charge < -0.3 is 10.1 Å². The standard InChI is InChI=1S/C18H17BrF2N2O4S/c19-14-8-11(20)9-15(21)17(14)28(25,26)23-16-6-2-1-5-13(16)18(24)22-10-12-4-3-7-27-12/h1-2,5-6,8-9,12,23H,3-4,7,10H2,(H,22,24). The van der Waals surface area contributed by atoms with Crippen molar-refractivity contribution in [2.24, 2.45) is 0 Å². The summed E-state index contributed by atoms with van der Waals surface area (Å²) in [6.45, 7) is 0.951. The Labute approximate surface area is 169 Å². The normalized spacial score (nSPS) is 16.8. The molecule has 1 unspecified atom stereocenters. The minimum Gasteiger partial charge on any atom is -0.376 e. The van der Waals surface area contributed by atoms with Gasteiger partial charge in [0.25, 0.3) is 15.9 Å². The Balaban J connectivity index is 1.83. The molecule has 2 aromatic rings. The van der Waals surface area contributed by atoms with E-state index < -0.39 is 32.5 Å². The Morgan fingerprint density at radius 3 is 2.68 bits per heavy atom. The van der Waals surface area contributed by atoms with Gasteiger partial charge >= 0.3 is 0 Å². The number of benzene rings is 2. The van der Waals surface area contributed by atoms with Crippen molar-refractivity contribution in [1.82, 2.24) is 5.32 Å². The number of ether oxygens (including phenoxy) is 1. The van der Waals surface area contributed by atoms with E-state index in [1.165, 1.54) is 18.2 Å². The van der Waals surface area contributed by atoms with Gasteiger partial charge in [-0.15, -0.1) is 0 Å². The Morgan fingerprint density at radius 2 is 2.00 bits per heavy atom. The molecule has 0 bridgehead atoms. The van der Waals surface area contributed by atoms with E-state index in [9.17, 15) is 22.0 Å². The molecular formula is C18H17BrF2N2O4S. The van der Waals surface area contributed by atoms with Crippen LogP contribution in [0.3, 0.4) is 0 Å². The van der Waals surface area contributed by atoms with Gasteiger partial charge in [0.2, 0.25) is 0 Å². The third kappa shape index (κ3) is 4.68. The van der Waals surface area contributed by atoms with E-state index in [2.05, 4.69) is 26.0 Å². The molecule has 2 aromatic carbocycles. The highest BCUT2D eigenvalue weighted by Gasteiger charge is 2.26. The van der Waals surface area contributed by atoms with Crippen LogP contribution in [-0.4, -0.2) is 33.6 Å². The molecule has 2 N–H and O–H groups in total. The number of carbonyl (C=O) groups excluding carboxylic acids is 1. The van der Waals surface area contributed by atoms with Crippen LogP contribution in [0, 0.1) is 11.6 Å². The predicted molar refractivity (Wildman–Crippen MR) is 103 cm³/mol. The summed E-state index contributed by atoms with van der Waals surface area (Å²) in [7, 11) is -4.42.